The molecule has 1 saturated carbocycles. The molecule has 1 spiro atoms. The van der Waals surface area contributed by atoms with Crippen molar-refractivity contribution >= 4 is 0 Å². The summed E-state index contributed by atoms with van der Waals surface area (Å²) in [5, 5.41) is 10.6. The molecule has 2 rings (SSSR count). The summed E-state index contributed by atoms with van der Waals surface area (Å²) in [6.07, 6.45) is 5.43. The summed E-state index contributed by atoms with van der Waals surface area (Å²) in [7, 11) is 1.66. The monoisotopic (exact) mass is 228 g/mol. The average Bonchev–Trinajstić information content (AvgIpc) is 2.26. The molecule has 0 aromatic rings. The molecular formula is C13H24O3. The summed E-state index contributed by atoms with van der Waals surface area (Å²) in [6, 6.07) is 0. The highest BCUT2D eigenvalue weighted by Gasteiger charge is 2.48. The van der Waals surface area contributed by atoms with Crippen LogP contribution >= 0.6 is 0 Å². The Balaban J connectivity index is 2.03. The second-order valence-corrected chi connectivity index (χ2v) is 5.68. The first-order valence-corrected chi connectivity index (χ1v) is 6.39. The molecule has 1 aliphatic heterocycles. The highest BCUT2D eigenvalue weighted by atomic mass is 16.5. The maximum Gasteiger partial charge on any atom is 0.0907 e. The molecule has 0 aromatic carbocycles. The number of hydrogen-bond acceptors (Lipinski definition) is 3. The highest BCUT2D eigenvalue weighted by Crippen LogP contribution is 2.47. The average molecular weight is 228 g/mol. The van der Waals surface area contributed by atoms with Gasteiger partial charge >= 0.3 is 0 Å². The van der Waals surface area contributed by atoms with Crippen LogP contribution in [0.4, 0.5) is 0 Å². The summed E-state index contributed by atoms with van der Waals surface area (Å²) in [6.45, 7) is 4.64. The highest BCUT2D eigenvalue weighted by molar-refractivity contribution is 4.99. The van der Waals surface area contributed by atoms with Gasteiger partial charge in [-0.1, -0.05) is 0 Å². The minimum atomic E-state index is -0.735. The minimum Gasteiger partial charge on any atom is -0.387 e. The topological polar surface area (TPSA) is 38.7 Å². The van der Waals surface area contributed by atoms with Gasteiger partial charge in [0.25, 0.3) is 0 Å². The van der Waals surface area contributed by atoms with Gasteiger partial charge in [-0.05, 0) is 51.9 Å². The Morgan fingerprint density at radius 2 is 2.19 bits per heavy atom. The Morgan fingerprint density at radius 1 is 1.50 bits per heavy atom. The van der Waals surface area contributed by atoms with Crippen molar-refractivity contribution in [3.05, 3.63) is 0 Å². The van der Waals surface area contributed by atoms with E-state index in [1.807, 2.05) is 13.8 Å². The Hall–Kier alpha value is -0.120. The van der Waals surface area contributed by atoms with E-state index in [9.17, 15) is 5.11 Å². The molecule has 3 atom stereocenters. The van der Waals surface area contributed by atoms with Gasteiger partial charge in [0.1, 0.15) is 0 Å². The first kappa shape index (κ1) is 12.3. The fourth-order valence-corrected chi connectivity index (χ4v) is 3.02. The number of methoxy groups -OCH3 is 1. The van der Waals surface area contributed by atoms with Crippen LogP contribution in [-0.2, 0) is 9.47 Å². The molecule has 0 amide bonds. The van der Waals surface area contributed by atoms with Crippen molar-refractivity contribution in [1.29, 1.82) is 0 Å². The van der Waals surface area contributed by atoms with Crippen molar-refractivity contribution in [1.82, 2.24) is 0 Å². The van der Waals surface area contributed by atoms with Gasteiger partial charge in [0.2, 0.25) is 0 Å². The molecule has 1 heterocycles. The number of ether oxygens (including phenoxy) is 2. The molecule has 1 aliphatic carbocycles. The van der Waals surface area contributed by atoms with Crippen molar-refractivity contribution in [3.8, 4) is 0 Å². The molecule has 0 bridgehead atoms. The van der Waals surface area contributed by atoms with E-state index in [2.05, 4.69) is 0 Å². The van der Waals surface area contributed by atoms with Crippen LogP contribution in [0.2, 0.25) is 0 Å². The predicted molar refractivity (Wildman–Crippen MR) is 62.4 cm³/mol. The Labute approximate surface area is 98.1 Å². The van der Waals surface area contributed by atoms with E-state index in [4.69, 9.17) is 9.47 Å². The Morgan fingerprint density at radius 3 is 2.69 bits per heavy atom. The smallest absolute Gasteiger partial charge is 0.0907 e. The molecule has 2 aliphatic rings. The van der Waals surface area contributed by atoms with Gasteiger partial charge in [-0.2, -0.15) is 0 Å². The summed E-state index contributed by atoms with van der Waals surface area (Å²) < 4.78 is 11.2. The molecule has 3 nitrogen and oxygen atoms in total. The molecule has 94 valence electrons. The molecule has 1 saturated heterocycles. The third-order valence-corrected chi connectivity index (χ3v) is 4.76. The minimum absolute atomic E-state index is 0.0976. The van der Waals surface area contributed by atoms with E-state index >= 15 is 0 Å². The standard InChI is InChI=1S/C13H24O3/c1-10(15-3)12(2,14)11-5-8-16-13(9-11)6-4-7-13/h10-11,14H,4-9H2,1-3H3. The largest absolute Gasteiger partial charge is 0.387 e. The maximum absolute atomic E-state index is 10.6. The molecule has 3 heteroatoms. The molecule has 0 aromatic heterocycles. The molecule has 2 fully saturated rings. The zero-order chi connectivity index (χ0) is 11.8. The van der Waals surface area contributed by atoms with Crippen molar-refractivity contribution in [3.63, 3.8) is 0 Å². The number of hydrogen-bond donors (Lipinski definition) is 1. The molecule has 1 N–H and O–H groups in total. The zero-order valence-electron chi connectivity index (χ0n) is 10.7. The lowest BCUT2D eigenvalue weighted by molar-refractivity contribution is -0.192. The number of rotatable bonds is 3. The van der Waals surface area contributed by atoms with Crippen LogP contribution in [0.15, 0.2) is 0 Å². The number of aliphatic hydroxyl groups is 1. The first-order chi connectivity index (χ1) is 7.50. The van der Waals surface area contributed by atoms with Crippen molar-refractivity contribution < 1.29 is 14.6 Å². The van der Waals surface area contributed by atoms with E-state index in [0.717, 1.165) is 19.4 Å². The van der Waals surface area contributed by atoms with Crippen molar-refractivity contribution in [2.45, 2.75) is 63.3 Å². The van der Waals surface area contributed by atoms with Gasteiger partial charge in [0, 0.05) is 13.7 Å². The zero-order valence-corrected chi connectivity index (χ0v) is 10.7. The normalized spacial score (nSPS) is 34.1. The van der Waals surface area contributed by atoms with Gasteiger partial charge < -0.3 is 14.6 Å². The fraction of sp³-hybridized carbons (Fsp3) is 1.00. The molecule has 16 heavy (non-hydrogen) atoms. The third-order valence-electron chi connectivity index (χ3n) is 4.76. The third kappa shape index (κ3) is 2.01. The van der Waals surface area contributed by atoms with Gasteiger partial charge in [-0.25, -0.2) is 0 Å². The van der Waals surface area contributed by atoms with Crippen LogP contribution in [0.1, 0.15) is 46.0 Å². The van der Waals surface area contributed by atoms with E-state index in [-0.39, 0.29) is 11.7 Å². The predicted octanol–water partition coefficient (Wildman–Crippen LogP) is 2.12. The summed E-state index contributed by atoms with van der Waals surface area (Å²) in [5.41, 5.74) is -0.637. The van der Waals surface area contributed by atoms with Crippen molar-refractivity contribution in [2.75, 3.05) is 13.7 Å². The van der Waals surface area contributed by atoms with Gasteiger partial charge in [0.05, 0.1) is 17.3 Å². The lowest BCUT2D eigenvalue weighted by Gasteiger charge is -2.51. The summed E-state index contributed by atoms with van der Waals surface area (Å²) >= 11 is 0. The molecular weight excluding hydrogens is 204 g/mol. The van der Waals surface area contributed by atoms with Crippen LogP contribution in [0, 0.1) is 5.92 Å². The quantitative estimate of drug-likeness (QED) is 0.804. The van der Waals surface area contributed by atoms with Gasteiger partial charge in [-0.15, -0.1) is 0 Å². The fourth-order valence-electron chi connectivity index (χ4n) is 3.02. The van der Waals surface area contributed by atoms with Gasteiger partial charge in [0.15, 0.2) is 0 Å². The lowest BCUT2D eigenvalue weighted by atomic mass is 9.67. The second-order valence-electron chi connectivity index (χ2n) is 5.68. The summed E-state index contributed by atoms with van der Waals surface area (Å²) in [5.74, 6) is 0.302. The van der Waals surface area contributed by atoms with E-state index in [1.165, 1.54) is 19.3 Å². The van der Waals surface area contributed by atoms with E-state index in [0.29, 0.717) is 5.92 Å². The van der Waals surface area contributed by atoms with Crippen LogP contribution in [0.5, 0.6) is 0 Å². The van der Waals surface area contributed by atoms with E-state index < -0.39 is 5.60 Å². The van der Waals surface area contributed by atoms with Crippen molar-refractivity contribution in [2.24, 2.45) is 5.92 Å². The van der Waals surface area contributed by atoms with Crippen LogP contribution in [-0.4, -0.2) is 36.1 Å². The van der Waals surface area contributed by atoms with E-state index in [1.54, 1.807) is 7.11 Å². The maximum atomic E-state index is 10.6. The second kappa shape index (κ2) is 4.28. The van der Waals surface area contributed by atoms with Crippen LogP contribution in [0.25, 0.3) is 0 Å². The van der Waals surface area contributed by atoms with Crippen LogP contribution < -0.4 is 0 Å². The van der Waals surface area contributed by atoms with Gasteiger partial charge in [-0.3, -0.25) is 0 Å². The first-order valence-electron chi connectivity index (χ1n) is 6.39. The lowest BCUT2D eigenvalue weighted by Crippen LogP contribution is -2.54. The summed E-state index contributed by atoms with van der Waals surface area (Å²) in [4.78, 5) is 0. The van der Waals surface area contributed by atoms with Crippen LogP contribution in [0.3, 0.4) is 0 Å². The Kier molecular flexibility index (Phi) is 3.30. The molecule has 0 radical (unpaired) electrons. The molecule has 3 unspecified atom stereocenters. The Bertz CT molecular complexity index is 246. The SMILES string of the molecule is COC(C)C(C)(O)C1CCOC2(CCC2)C1.